The van der Waals surface area contributed by atoms with Crippen molar-refractivity contribution in [2.75, 3.05) is 13.1 Å². The lowest BCUT2D eigenvalue weighted by Gasteiger charge is -2.18. The second-order valence-electron chi connectivity index (χ2n) is 7.42. The van der Waals surface area contributed by atoms with Crippen LogP contribution in [0.3, 0.4) is 0 Å². The average molecular weight is 554 g/mol. The average Bonchev–Trinajstić information content (AvgIpc) is 2.89. The minimum Gasteiger partial charge on any atom is -0.448 e. The lowest BCUT2D eigenvalue weighted by atomic mass is 9.99. The molecule has 0 aromatic heterocycles. The van der Waals surface area contributed by atoms with Crippen LogP contribution < -0.4 is 10.6 Å². The Kier molecular flexibility index (Phi) is 9.01. The molecule has 0 unspecified atom stereocenters. The lowest BCUT2D eigenvalue weighted by molar-refractivity contribution is -0.384. The Balaban J connectivity index is 1.60. The van der Waals surface area contributed by atoms with Gasteiger partial charge in [0, 0.05) is 33.3 Å². The third-order valence-corrected chi connectivity index (χ3v) is 5.43. The van der Waals surface area contributed by atoms with Gasteiger partial charge < -0.3 is 15.4 Å². The van der Waals surface area contributed by atoms with E-state index in [1.807, 2.05) is 0 Å². The monoisotopic (exact) mass is 553 g/mol. The summed E-state index contributed by atoms with van der Waals surface area (Å²) in [5.41, 5.74) is 0.674. The first-order valence-electron chi connectivity index (χ1n) is 10.6. The number of halogens is 1. The van der Waals surface area contributed by atoms with Crippen LogP contribution in [0.1, 0.15) is 32.4 Å². The molecule has 36 heavy (non-hydrogen) atoms. The number of ether oxygens (including phenoxy) is 1. The SMILES string of the molecule is O=C(CNC(=O)c1ccc(Br)cc1)NCC(=O)O[C@H](C(=O)c1ccccc1)c1ccc([N+](=O)[O-])cc1. The minimum atomic E-state index is -1.38. The first-order chi connectivity index (χ1) is 17.2. The van der Waals surface area contributed by atoms with Crippen molar-refractivity contribution >= 4 is 45.2 Å². The van der Waals surface area contributed by atoms with Crippen molar-refractivity contribution < 1.29 is 28.8 Å². The van der Waals surface area contributed by atoms with E-state index in [0.717, 1.165) is 4.47 Å². The summed E-state index contributed by atoms with van der Waals surface area (Å²) in [6.45, 7) is -0.935. The zero-order valence-corrected chi connectivity index (χ0v) is 20.3. The van der Waals surface area contributed by atoms with Gasteiger partial charge >= 0.3 is 5.97 Å². The van der Waals surface area contributed by atoms with E-state index in [4.69, 9.17) is 4.74 Å². The Labute approximate surface area is 213 Å². The van der Waals surface area contributed by atoms with Crippen LogP contribution in [0, 0.1) is 10.1 Å². The van der Waals surface area contributed by atoms with E-state index in [1.54, 1.807) is 54.6 Å². The highest BCUT2D eigenvalue weighted by atomic mass is 79.9. The number of hydrogen-bond acceptors (Lipinski definition) is 7. The van der Waals surface area contributed by atoms with Crippen LogP contribution in [0.4, 0.5) is 5.69 Å². The number of ketones is 1. The summed E-state index contributed by atoms with van der Waals surface area (Å²) >= 11 is 3.27. The fourth-order valence-electron chi connectivity index (χ4n) is 3.07. The second-order valence-corrected chi connectivity index (χ2v) is 8.33. The maximum Gasteiger partial charge on any atom is 0.326 e. The van der Waals surface area contributed by atoms with Gasteiger partial charge in [-0.2, -0.15) is 0 Å². The standard InChI is InChI=1S/C25H20BrN3O7/c26-19-10-6-18(7-11-19)25(33)28-14-21(30)27-15-22(31)36-24(23(32)16-4-2-1-3-5-16)17-8-12-20(13-9-17)29(34)35/h1-13,24H,14-15H2,(H,27,30)(H,28,33)/t24-/m0/s1. The maximum absolute atomic E-state index is 13.0. The number of rotatable bonds is 10. The van der Waals surface area contributed by atoms with Crippen LogP contribution in [0.15, 0.2) is 83.3 Å². The van der Waals surface area contributed by atoms with Crippen molar-refractivity contribution in [3.63, 3.8) is 0 Å². The van der Waals surface area contributed by atoms with Crippen LogP contribution >= 0.6 is 15.9 Å². The molecule has 0 saturated carbocycles. The van der Waals surface area contributed by atoms with E-state index in [-0.39, 0.29) is 23.4 Å². The first kappa shape index (κ1) is 26.2. The fourth-order valence-corrected chi connectivity index (χ4v) is 3.33. The molecule has 2 amide bonds. The number of esters is 1. The lowest BCUT2D eigenvalue weighted by Crippen LogP contribution is -2.39. The molecule has 0 heterocycles. The molecule has 0 bridgehead atoms. The fraction of sp³-hybridized carbons (Fsp3) is 0.120. The molecule has 0 fully saturated rings. The van der Waals surface area contributed by atoms with Crippen LogP contribution in [-0.4, -0.2) is 41.6 Å². The molecule has 3 aromatic carbocycles. The van der Waals surface area contributed by atoms with E-state index in [1.165, 1.54) is 24.3 Å². The van der Waals surface area contributed by atoms with Crippen LogP contribution in [0.25, 0.3) is 0 Å². The highest BCUT2D eigenvalue weighted by Gasteiger charge is 2.27. The predicted molar refractivity (Wildman–Crippen MR) is 132 cm³/mol. The maximum atomic E-state index is 13.0. The third kappa shape index (κ3) is 7.31. The number of carbonyl (C=O) groups is 4. The Morgan fingerprint density at radius 1 is 0.833 bits per heavy atom. The molecule has 11 heteroatoms. The third-order valence-electron chi connectivity index (χ3n) is 4.90. The largest absolute Gasteiger partial charge is 0.448 e. The molecule has 10 nitrogen and oxygen atoms in total. The molecular formula is C25H20BrN3O7. The van der Waals surface area contributed by atoms with E-state index in [0.29, 0.717) is 5.56 Å². The van der Waals surface area contributed by atoms with Crippen molar-refractivity contribution in [2.24, 2.45) is 0 Å². The number of Topliss-reactive ketones (excluding diaryl/α,β-unsaturated/α-hetero) is 1. The van der Waals surface area contributed by atoms with Crippen LogP contribution in [0.5, 0.6) is 0 Å². The number of nitrogens with one attached hydrogen (secondary N) is 2. The molecule has 1 atom stereocenters. The summed E-state index contributed by atoms with van der Waals surface area (Å²) in [4.78, 5) is 60.0. The Morgan fingerprint density at radius 3 is 2.08 bits per heavy atom. The van der Waals surface area contributed by atoms with Gasteiger partial charge in [0.25, 0.3) is 11.6 Å². The summed E-state index contributed by atoms with van der Waals surface area (Å²) in [5, 5.41) is 15.7. The number of benzene rings is 3. The summed E-state index contributed by atoms with van der Waals surface area (Å²) in [6.07, 6.45) is -1.38. The van der Waals surface area contributed by atoms with E-state index >= 15 is 0 Å². The molecule has 3 aromatic rings. The van der Waals surface area contributed by atoms with Gasteiger partial charge in [-0.25, -0.2) is 0 Å². The molecule has 0 spiro atoms. The van der Waals surface area contributed by atoms with Crippen molar-refractivity contribution in [1.82, 2.24) is 10.6 Å². The van der Waals surface area contributed by atoms with Gasteiger partial charge in [-0.05, 0) is 36.4 Å². The number of carbonyl (C=O) groups excluding carboxylic acids is 4. The molecule has 0 aliphatic carbocycles. The zero-order chi connectivity index (χ0) is 26.1. The van der Waals surface area contributed by atoms with Crippen molar-refractivity contribution in [1.29, 1.82) is 0 Å². The molecule has 2 N–H and O–H groups in total. The molecule has 184 valence electrons. The Hall–Kier alpha value is -4.38. The smallest absolute Gasteiger partial charge is 0.326 e. The summed E-state index contributed by atoms with van der Waals surface area (Å²) in [5.74, 6) is -2.55. The molecule has 0 aliphatic heterocycles. The molecular weight excluding hydrogens is 534 g/mol. The van der Waals surface area contributed by atoms with Gasteiger partial charge in [0.1, 0.15) is 6.54 Å². The number of nitro benzene ring substituents is 1. The number of non-ortho nitro benzene ring substituents is 1. The quantitative estimate of drug-likeness (QED) is 0.169. The van der Waals surface area contributed by atoms with Crippen molar-refractivity contribution in [3.8, 4) is 0 Å². The molecule has 0 radical (unpaired) electrons. The van der Waals surface area contributed by atoms with Gasteiger partial charge in [0.15, 0.2) is 6.10 Å². The van der Waals surface area contributed by atoms with Gasteiger partial charge in [-0.1, -0.05) is 46.3 Å². The highest BCUT2D eigenvalue weighted by molar-refractivity contribution is 9.10. The second kappa shape index (κ2) is 12.4. The van der Waals surface area contributed by atoms with Gasteiger partial charge in [-0.3, -0.25) is 29.3 Å². The van der Waals surface area contributed by atoms with Crippen LogP contribution in [0.2, 0.25) is 0 Å². The van der Waals surface area contributed by atoms with E-state index in [2.05, 4.69) is 26.6 Å². The summed E-state index contributed by atoms with van der Waals surface area (Å²) < 4.78 is 6.14. The topological polar surface area (TPSA) is 145 Å². The normalized spacial score (nSPS) is 11.1. The summed E-state index contributed by atoms with van der Waals surface area (Å²) in [7, 11) is 0. The van der Waals surface area contributed by atoms with Crippen molar-refractivity contribution in [2.45, 2.75) is 6.10 Å². The predicted octanol–water partition coefficient (Wildman–Crippen LogP) is 3.37. The molecule has 3 rings (SSSR count). The van der Waals surface area contributed by atoms with E-state index in [9.17, 15) is 29.3 Å². The number of amides is 2. The van der Waals surface area contributed by atoms with Gasteiger partial charge in [0.2, 0.25) is 11.7 Å². The number of hydrogen-bond donors (Lipinski definition) is 2. The van der Waals surface area contributed by atoms with Gasteiger partial charge in [0.05, 0.1) is 11.5 Å². The number of nitrogens with zero attached hydrogens (tertiary/aromatic N) is 1. The number of nitro groups is 1. The Morgan fingerprint density at radius 2 is 1.47 bits per heavy atom. The zero-order valence-electron chi connectivity index (χ0n) is 18.7. The van der Waals surface area contributed by atoms with Gasteiger partial charge in [-0.15, -0.1) is 0 Å². The molecule has 0 saturated heterocycles. The Bertz CT molecular complexity index is 1260. The first-order valence-corrected chi connectivity index (χ1v) is 11.4. The van der Waals surface area contributed by atoms with E-state index < -0.39 is 41.1 Å². The minimum absolute atomic E-state index is 0.187. The van der Waals surface area contributed by atoms with Crippen LogP contribution in [-0.2, 0) is 14.3 Å². The highest BCUT2D eigenvalue weighted by Crippen LogP contribution is 2.25. The van der Waals surface area contributed by atoms with Crippen molar-refractivity contribution in [3.05, 3.63) is 110 Å². The molecule has 0 aliphatic rings. The summed E-state index contributed by atoms with van der Waals surface area (Å²) in [6, 6.07) is 19.7.